The smallest absolute Gasteiger partial charge is 0.166 e. The Morgan fingerprint density at radius 1 is 0.509 bits per heavy atom. The molecular weight excluding hydrogens is 693 g/mol. The fourth-order valence-electron chi connectivity index (χ4n) is 7.52. The lowest BCUT2D eigenvalue weighted by Crippen LogP contribution is -2.14. The first-order chi connectivity index (χ1) is 27.2. The maximum absolute atomic E-state index is 5.14. The largest absolute Gasteiger partial charge is 0.386 e. The first kappa shape index (κ1) is 32.6. The third-order valence-corrected chi connectivity index (χ3v) is 11.1. The van der Waals surface area contributed by atoms with Crippen LogP contribution in [0.15, 0.2) is 182 Å². The molecule has 55 heavy (non-hydrogen) atoms. The molecule has 0 amide bonds. The Hall–Kier alpha value is -7.09. The summed E-state index contributed by atoms with van der Waals surface area (Å²) in [6.07, 6.45) is 0. The lowest BCUT2D eigenvalue weighted by molar-refractivity contribution is 1.07. The average Bonchev–Trinajstić information content (AvgIpc) is 3.58. The van der Waals surface area contributed by atoms with Gasteiger partial charge < -0.3 is 9.88 Å². The average molecular weight is 727 g/mol. The van der Waals surface area contributed by atoms with Crippen molar-refractivity contribution in [1.29, 1.82) is 0 Å². The molecule has 7 aromatic carbocycles. The molecule has 3 aromatic heterocycles. The highest BCUT2D eigenvalue weighted by Crippen LogP contribution is 2.42. The molecule has 6 nitrogen and oxygen atoms in total. The molecular formula is C48H34N6S. The molecule has 0 aliphatic rings. The zero-order chi connectivity index (χ0) is 36.7. The van der Waals surface area contributed by atoms with E-state index in [1.165, 1.54) is 16.3 Å². The fraction of sp³-hybridized carbons (Fsp3) is 0.0208. The summed E-state index contributed by atoms with van der Waals surface area (Å²) < 4.78 is 5.85. The molecule has 0 bridgehead atoms. The number of hydrogen-bond acceptors (Lipinski definition) is 5. The predicted molar refractivity (Wildman–Crippen MR) is 228 cm³/mol. The van der Waals surface area contributed by atoms with Crippen LogP contribution in [-0.4, -0.2) is 30.5 Å². The summed E-state index contributed by atoms with van der Waals surface area (Å²) in [7, 11) is 2.00. The van der Waals surface area contributed by atoms with Gasteiger partial charge in [-0.2, -0.15) is 0 Å². The number of nitrogens with zero attached hydrogens (tertiary/aromatic N) is 5. The third-order valence-electron chi connectivity index (χ3n) is 10.0. The lowest BCUT2D eigenvalue weighted by Gasteiger charge is -2.24. The van der Waals surface area contributed by atoms with Crippen LogP contribution >= 0.6 is 11.5 Å². The summed E-state index contributed by atoms with van der Waals surface area (Å²) in [6, 6.07) is 63.3. The number of fused-ring (bicyclic) bond motifs is 4. The number of aromatic nitrogens is 5. The second kappa shape index (κ2) is 13.7. The highest BCUT2D eigenvalue weighted by molar-refractivity contribution is 7.17. The van der Waals surface area contributed by atoms with Gasteiger partial charge in [-0.05, 0) is 48.0 Å². The van der Waals surface area contributed by atoms with Crippen molar-refractivity contribution in [2.24, 2.45) is 0 Å². The van der Waals surface area contributed by atoms with Crippen molar-refractivity contribution in [2.75, 3.05) is 7.05 Å². The topological polar surface area (TPSA) is 60.6 Å². The van der Waals surface area contributed by atoms with Crippen LogP contribution in [0.3, 0.4) is 0 Å². The van der Waals surface area contributed by atoms with Crippen LogP contribution in [0.1, 0.15) is 11.1 Å². The Labute approximate surface area is 322 Å². The quantitative estimate of drug-likeness (QED) is 0.158. The van der Waals surface area contributed by atoms with E-state index in [-0.39, 0.29) is 0 Å². The molecule has 7 heteroatoms. The van der Waals surface area contributed by atoms with E-state index in [0.29, 0.717) is 17.5 Å². The second-order valence-electron chi connectivity index (χ2n) is 13.3. The first-order valence-corrected chi connectivity index (χ1v) is 19.1. The van der Waals surface area contributed by atoms with E-state index in [0.717, 1.165) is 60.6 Å². The van der Waals surface area contributed by atoms with Crippen LogP contribution in [0, 0.1) is 0 Å². The SMILES string of the molecule is CN/C(=C(/c1ccc2c(c1)c1ccccc1n2-c1ccccc1)n1sc2cccc(-c3nc(-c4ccccc4)nc(-c4ccccc4)n3)c21)c1ccccc1. The minimum Gasteiger partial charge on any atom is -0.386 e. The molecule has 0 radical (unpaired) electrons. The highest BCUT2D eigenvalue weighted by Gasteiger charge is 2.24. The number of nitrogens with one attached hydrogen (secondary N) is 1. The minimum atomic E-state index is 0.626. The molecule has 0 aliphatic heterocycles. The first-order valence-electron chi connectivity index (χ1n) is 18.3. The monoisotopic (exact) mass is 726 g/mol. The Balaban J connectivity index is 1.23. The Bertz CT molecular complexity index is 2940. The number of rotatable bonds is 8. The lowest BCUT2D eigenvalue weighted by atomic mass is 10.0. The van der Waals surface area contributed by atoms with E-state index < -0.39 is 0 Å². The predicted octanol–water partition coefficient (Wildman–Crippen LogP) is 11.6. The fourth-order valence-corrected chi connectivity index (χ4v) is 8.59. The summed E-state index contributed by atoms with van der Waals surface area (Å²) in [5, 5.41) is 6.01. The van der Waals surface area contributed by atoms with E-state index in [2.05, 4.69) is 135 Å². The van der Waals surface area contributed by atoms with Gasteiger partial charge in [0.1, 0.15) is 0 Å². The molecule has 10 rings (SSSR count). The molecule has 262 valence electrons. The van der Waals surface area contributed by atoms with Gasteiger partial charge in [0, 0.05) is 45.8 Å². The summed E-state index contributed by atoms with van der Waals surface area (Å²) >= 11 is 1.72. The normalized spacial score (nSPS) is 12.0. The Morgan fingerprint density at radius 3 is 1.76 bits per heavy atom. The van der Waals surface area contributed by atoms with Gasteiger partial charge in [0.25, 0.3) is 0 Å². The van der Waals surface area contributed by atoms with Crippen molar-refractivity contribution in [3.05, 3.63) is 193 Å². The number of hydrogen-bond donors (Lipinski definition) is 1. The Kier molecular flexibility index (Phi) is 8.12. The summed E-state index contributed by atoms with van der Waals surface area (Å²) in [5.74, 6) is 1.90. The molecule has 0 aliphatic carbocycles. The summed E-state index contributed by atoms with van der Waals surface area (Å²) in [6.45, 7) is 0. The van der Waals surface area contributed by atoms with Crippen LogP contribution in [0.2, 0.25) is 0 Å². The maximum Gasteiger partial charge on any atom is 0.166 e. The van der Waals surface area contributed by atoms with E-state index in [1.807, 2.05) is 67.7 Å². The van der Waals surface area contributed by atoms with Crippen LogP contribution < -0.4 is 5.32 Å². The van der Waals surface area contributed by atoms with E-state index >= 15 is 0 Å². The molecule has 0 unspecified atom stereocenters. The minimum absolute atomic E-state index is 0.626. The van der Waals surface area contributed by atoms with Crippen molar-refractivity contribution in [1.82, 2.24) is 28.8 Å². The van der Waals surface area contributed by atoms with Crippen molar-refractivity contribution >= 4 is 54.9 Å². The zero-order valence-corrected chi connectivity index (χ0v) is 30.8. The van der Waals surface area contributed by atoms with Gasteiger partial charge >= 0.3 is 0 Å². The van der Waals surface area contributed by atoms with Gasteiger partial charge in [0.15, 0.2) is 17.5 Å². The molecule has 0 saturated heterocycles. The maximum atomic E-state index is 5.14. The van der Waals surface area contributed by atoms with Crippen molar-refractivity contribution in [3.63, 3.8) is 0 Å². The molecule has 3 heterocycles. The van der Waals surface area contributed by atoms with Crippen LogP contribution in [0.25, 0.3) is 83.3 Å². The molecule has 0 spiro atoms. The standard InChI is InChI=1S/C48H34N6S/c1-49-43(32-17-6-2-7-18-32)44(35-29-30-41-39(31-35)37-25-14-15-27-40(37)53(41)36-23-12-5-13-24-36)54-45-38(26-16-28-42(45)55-54)48-51-46(33-19-8-3-9-20-33)50-47(52-48)34-21-10-4-11-22-34/h2-31,49H,1H3/b44-43-. The molecule has 0 atom stereocenters. The van der Waals surface area contributed by atoms with Crippen LogP contribution in [0.5, 0.6) is 0 Å². The van der Waals surface area contributed by atoms with Gasteiger partial charge in [-0.3, -0.25) is 3.96 Å². The summed E-state index contributed by atoms with van der Waals surface area (Å²) in [4.78, 5) is 15.2. The van der Waals surface area contributed by atoms with E-state index in [1.54, 1.807) is 11.5 Å². The number of benzene rings is 7. The van der Waals surface area contributed by atoms with E-state index in [9.17, 15) is 0 Å². The molecule has 0 fully saturated rings. The van der Waals surface area contributed by atoms with Gasteiger partial charge in [0.05, 0.1) is 32.6 Å². The second-order valence-corrected chi connectivity index (χ2v) is 14.3. The van der Waals surface area contributed by atoms with Crippen LogP contribution in [0.4, 0.5) is 0 Å². The molecule has 10 aromatic rings. The van der Waals surface area contributed by atoms with Crippen molar-refractivity contribution < 1.29 is 0 Å². The van der Waals surface area contributed by atoms with Crippen LogP contribution in [-0.2, 0) is 0 Å². The molecule has 1 N–H and O–H groups in total. The zero-order valence-electron chi connectivity index (χ0n) is 30.0. The number of para-hydroxylation sites is 3. The van der Waals surface area contributed by atoms with Gasteiger partial charge in [-0.1, -0.05) is 151 Å². The summed E-state index contributed by atoms with van der Waals surface area (Å²) in [5.41, 5.74) is 11.6. The highest BCUT2D eigenvalue weighted by atomic mass is 32.1. The van der Waals surface area contributed by atoms with E-state index in [4.69, 9.17) is 15.0 Å². The van der Waals surface area contributed by atoms with Gasteiger partial charge in [0.2, 0.25) is 0 Å². The third kappa shape index (κ3) is 5.69. The molecule has 0 saturated carbocycles. The van der Waals surface area contributed by atoms with Crippen molar-refractivity contribution in [3.8, 4) is 39.9 Å². The van der Waals surface area contributed by atoms with Crippen molar-refractivity contribution in [2.45, 2.75) is 0 Å². The van der Waals surface area contributed by atoms with Gasteiger partial charge in [-0.15, -0.1) is 0 Å². The van der Waals surface area contributed by atoms with Gasteiger partial charge in [-0.25, -0.2) is 15.0 Å². The Morgan fingerprint density at radius 2 is 1.09 bits per heavy atom.